The lowest BCUT2D eigenvalue weighted by Gasteiger charge is -2.31. The Morgan fingerprint density at radius 2 is 2.00 bits per heavy atom. The summed E-state index contributed by atoms with van der Waals surface area (Å²) >= 11 is 0. The second kappa shape index (κ2) is 7.54. The third-order valence-corrected chi connectivity index (χ3v) is 4.43. The predicted octanol–water partition coefficient (Wildman–Crippen LogP) is 3.80. The molecule has 19 heavy (non-hydrogen) atoms. The van der Waals surface area contributed by atoms with Crippen molar-refractivity contribution >= 4 is 0 Å². The molecule has 2 nitrogen and oxygen atoms in total. The van der Waals surface area contributed by atoms with Gasteiger partial charge in [-0.3, -0.25) is 0 Å². The van der Waals surface area contributed by atoms with Gasteiger partial charge in [-0.05, 0) is 43.4 Å². The first kappa shape index (κ1) is 14.4. The van der Waals surface area contributed by atoms with Gasteiger partial charge < -0.3 is 10.1 Å². The number of hydrogen-bond donors (Lipinski definition) is 1. The van der Waals surface area contributed by atoms with Crippen molar-refractivity contribution in [1.82, 2.24) is 5.32 Å². The molecule has 0 heterocycles. The first-order valence-corrected chi connectivity index (χ1v) is 7.70. The number of hydrogen-bond acceptors (Lipinski definition) is 2. The van der Waals surface area contributed by atoms with Crippen LogP contribution >= 0.6 is 0 Å². The van der Waals surface area contributed by atoms with Crippen LogP contribution in [-0.2, 0) is 6.42 Å². The highest BCUT2D eigenvalue weighted by molar-refractivity contribution is 5.33. The molecule has 1 N–H and O–H groups in total. The largest absolute Gasteiger partial charge is 0.496 e. The molecule has 2 rings (SSSR count). The molecule has 0 saturated heterocycles. The van der Waals surface area contributed by atoms with Gasteiger partial charge in [0, 0.05) is 6.04 Å². The van der Waals surface area contributed by atoms with E-state index in [0.717, 1.165) is 30.7 Å². The lowest BCUT2D eigenvalue weighted by Crippen LogP contribution is -2.39. The van der Waals surface area contributed by atoms with Crippen molar-refractivity contribution in [2.24, 2.45) is 5.92 Å². The second-order valence-electron chi connectivity index (χ2n) is 5.58. The van der Waals surface area contributed by atoms with Crippen LogP contribution in [0.15, 0.2) is 24.3 Å². The van der Waals surface area contributed by atoms with Gasteiger partial charge in [0.15, 0.2) is 0 Å². The highest BCUT2D eigenvalue weighted by Gasteiger charge is 2.22. The summed E-state index contributed by atoms with van der Waals surface area (Å²) < 4.78 is 5.40. The molecule has 1 aliphatic rings. The van der Waals surface area contributed by atoms with Crippen LogP contribution in [0.25, 0.3) is 0 Å². The van der Waals surface area contributed by atoms with Gasteiger partial charge in [-0.1, -0.05) is 44.4 Å². The summed E-state index contributed by atoms with van der Waals surface area (Å²) in [6.07, 6.45) is 7.93. The molecule has 0 aromatic heterocycles. The molecule has 1 saturated carbocycles. The summed E-state index contributed by atoms with van der Waals surface area (Å²) in [5.41, 5.74) is 1.31. The number of benzene rings is 1. The summed E-state index contributed by atoms with van der Waals surface area (Å²) in [6.45, 7) is 3.38. The van der Waals surface area contributed by atoms with Gasteiger partial charge >= 0.3 is 0 Å². The van der Waals surface area contributed by atoms with Crippen LogP contribution < -0.4 is 10.1 Å². The molecule has 0 amide bonds. The van der Waals surface area contributed by atoms with Crippen LogP contribution in [-0.4, -0.2) is 19.7 Å². The lowest BCUT2D eigenvalue weighted by molar-refractivity contribution is 0.257. The number of methoxy groups -OCH3 is 1. The highest BCUT2D eigenvalue weighted by Crippen LogP contribution is 2.26. The van der Waals surface area contributed by atoms with Crippen molar-refractivity contribution < 1.29 is 4.74 Å². The first-order valence-electron chi connectivity index (χ1n) is 7.70. The maximum absolute atomic E-state index is 5.40. The van der Waals surface area contributed by atoms with E-state index in [2.05, 4.69) is 24.4 Å². The van der Waals surface area contributed by atoms with Crippen molar-refractivity contribution in [3.05, 3.63) is 29.8 Å². The summed E-state index contributed by atoms with van der Waals surface area (Å²) in [7, 11) is 1.75. The Labute approximate surface area is 117 Å². The Morgan fingerprint density at radius 1 is 1.21 bits per heavy atom. The van der Waals surface area contributed by atoms with Crippen LogP contribution in [0.5, 0.6) is 5.75 Å². The molecule has 1 fully saturated rings. The molecule has 0 aliphatic heterocycles. The molecule has 106 valence electrons. The van der Waals surface area contributed by atoms with Gasteiger partial charge in [0.2, 0.25) is 0 Å². The van der Waals surface area contributed by atoms with E-state index in [1.165, 1.54) is 37.7 Å². The standard InChI is InChI=1S/C17H27NO/c1-3-14-8-4-6-10-16(14)18-13-12-15-9-5-7-11-17(15)19-2/h5,7,9,11,14,16,18H,3-4,6,8,10,12-13H2,1-2H3. The lowest BCUT2D eigenvalue weighted by atomic mass is 9.83. The zero-order chi connectivity index (χ0) is 13.5. The second-order valence-corrected chi connectivity index (χ2v) is 5.58. The van der Waals surface area contributed by atoms with Crippen molar-refractivity contribution in [2.75, 3.05) is 13.7 Å². The average Bonchev–Trinajstić information content (AvgIpc) is 2.48. The Balaban J connectivity index is 1.82. The van der Waals surface area contributed by atoms with E-state index in [9.17, 15) is 0 Å². The van der Waals surface area contributed by atoms with Crippen molar-refractivity contribution in [3.63, 3.8) is 0 Å². The molecule has 1 aromatic carbocycles. The maximum atomic E-state index is 5.40. The summed E-state index contributed by atoms with van der Waals surface area (Å²) in [5.74, 6) is 1.89. The smallest absolute Gasteiger partial charge is 0.122 e. The molecule has 2 heteroatoms. The predicted molar refractivity (Wildman–Crippen MR) is 80.7 cm³/mol. The van der Waals surface area contributed by atoms with Gasteiger partial charge in [-0.25, -0.2) is 0 Å². The fourth-order valence-corrected chi connectivity index (χ4v) is 3.27. The third-order valence-electron chi connectivity index (χ3n) is 4.43. The summed E-state index contributed by atoms with van der Waals surface area (Å²) in [4.78, 5) is 0. The van der Waals surface area contributed by atoms with E-state index in [1.807, 2.05) is 12.1 Å². The van der Waals surface area contributed by atoms with E-state index in [0.29, 0.717) is 0 Å². The zero-order valence-electron chi connectivity index (χ0n) is 12.3. The van der Waals surface area contributed by atoms with Crippen LogP contribution in [0.3, 0.4) is 0 Å². The van der Waals surface area contributed by atoms with Crippen LogP contribution in [0.1, 0.15) is 44.6 Å². The van der Waals surface area contributed by atoms with Gasteiger partial charge in [-0.2, -0.15) is 0 Å². The average molecular weight is 261 g/mol. The fourth-order valence-electron chi connectivity index (χ4n) is 3.27. The van der Waals surface area contributed by atoms with Gasteiger partial charge in [0.1, 0.15) is 5.75 Å². The third kappa shape index (κ3) is 3.97. The Bertz CT molecular complexity index is 377. The summed E-state index contributed by atoms with van der Waals surface area (Å²) in [6, 6.07) is 9.06. The van der Waals surface area contributed by atoms with Crippen molar-refractivity contribution in [1.29, 1.82) is 0 Å². The minimum absolute atomic E-state index is 0.730. The molecular weight excluding hydrogens is 234 g/mol. The van der Waals surface area contributed by atoms with E-state index in [-0.39, 0.29) is 0 Å². The first-order chi connectivity index (χ1) is 9.35. The van der Waals surface area contributed by atoms with Gasteiger partial charge in [-0.15, -0.1) is 0 Å². The maximum Gasteiger partial charge on any atom is 0.122 e. The number of nitrogens with one attached hydrogen (secondary N) is 1. The molecule has 1 aliphatic carbocycles. The van der Waals surface area contributed by atoms with Crippen molar-refractivity contribution in [2.45, 2.75) is 51.5 Å². The van der Waals surface area contributed by atoms with E-state index in [4.69, 9.17) is 4.74 Å². The van der Waals surface area contributed by atoms with Crippen LogP contribution in [0.2, 0.25) is 0 Å². The molecule has 0 bridgehead atoms. The van der Waals surface area contributed by atoms with Crippen molar-refractivity contribution in [3.8, 4) is 5.75 Å². The SMILES string of the molecule is CCC1CCCCC1NCCc1ccccc1OC. The molecule has 2 unspecified atom stereocenters. The molecular formula is C17H27NO. The highest BCUT2D eigenvalue weighted by atomic mass is 16.5. The molecule has 0 radical (unpaired) electrons. The monoisotopic (exact) mass is 261 g/mol. The molecule has 1 aromatic rings. The van der Waals surface area contributed by atoms with Gasteiger partial charge in [0.05, 0.1) is 7.11 Å². The minimum atomic E-state index is 0.730. The number of rotatable bonds is 6. The fraction of sp³-hybridized carbons (Fsp3) is 0.647. The number of ether oxygens (including phenoxy) is 1. The molecule has 0 spiro atoms. The van der Waals surface area contributed by atoms with E-state index >= 15 is 0 Å². The normalized spacial score (nSPS) is 23.3. The summed E-state index contributed by atoms with van der Waals surface area (Å²) in [5, 5.41) is 3.77. The van der Waals surface area contributed by atoms with E-state index < -0.39 is 0 Å². The minimum Gasteiger partial charge on any atom is -0.496 e. The topological polar surface area (TPSA) is 21.3 Å². The Hall–Kier alpha value is -1.02. The quantitative estimate of drug-likeness (QED) is 0.841. The Kier molecular flexibility index (Phi) is 5.71. The Morgan fingerprint density at radius 3 is 2.79 bits per heavy atom. The van der Waals surface area contributed by atoms with Crippen LogP contribution in [0, 0.1) is 5.92 Å². The molecule has 2 atom stereocenters. The van der Waals surface area contributed by atoms with E-state index in [1.54, 1.807) is 7.11 Å². The van der Waals surface area contributed by atoms with Crippen LogP contribution in [0.4, 0.5) is 0 Å². The number of para-hydroxylation sites is 1. The zero-order valence-corrected chi connectivity index (χ0v) is 12.3. The van der Waals surface area contributed by atoms with Gasteiger partial charge in [0.25, 0.3) is 0 Å².